The summed E-state index contributed by atoms with van der Waals surface area (Å²) in [5.74, 6) is -5.06. The zero-order valence-electron chi connectivity index (χ0n) is 9.17. The zero-order chi connectivity index (χ0) is 15.3. The average Bonchev–Trinajstić information content (AvgIpc) is 2.62. The molecule has 0 aliphatic rings. The van der Waals surface area contributed by atoms with E-state index in [1.54, 1.807) is 0 Å². The van der Waals surface area contributed by atoms with Crippen LogP contribution in [0.2, 0.25) is 0 Å². The summed E-state index contributed by atoms with van der Waals surface area (Å²) in [6, 6.07) is 3.17. The van der Waals surface area contributed by atoms with Crippen molar-refractivity contribution >= 4 is 49.7 Å². The lowest BCUT2D eigenvalue weighted by Crippen LogP contribution is -2.34. The minimum Gasteiger partial charge on any atom is -0.258 e. The summed E-state index contributed by atoms with van der Waals surface area (Å²) in [5.41, 5.74) is -1.72. The van der Waals surface area contributed by atoms with E-state index in [0.29, 0.717) is 11.3 Å². The summed E-state index contributed by atoms with van der Waals surface area (Å²) in [5, 5.41) is 10.3. The first kappa shape index (κ1) is 15.4. The second-order valence-corrected chi connectivity index (χ2v) is 6.57. The Morgan fingerprint density at radius 1 is 1.20 bits per heavy atom. The Morgan fingerprint density at radius 3 is 2.30 bits per heavy atom. The highest BCUT2D eigenvalue weighted by atomic mass is 127. The number of halogens is 6. The Balaban J connectivity index is 2.83. The van der Waals surface area contributed by atoms with Gasteiger partial charge in [0.05, 0.1) is 13.4 Å². The fourth-order valence-electron chi connectivity index (χ4n) is 1.65. The van der Waals surface area contributed by atoms with Crippen LogP contribution in [0.5, 0.6) is 0 Å². The van der Waals surface area contributed by atoms with E-state index in [0.717, 1.165) is 18.2 Å². The van der Waals surface area contributed by atoms with Gasteiger partial charge in [-0.05, 0) is 22.6 Å². The van der Waals surface area contributed by atoms with E-state index in [1.165, 1.54) is 22.6 Å². The number of non-ortho nitro benzene ring substituents is 1. The Bertz CT molecular complexity index is 697. The van der Waals surface area contributed by atoms with Crippen LogP contribution in [-0.2, 0) is 5.92 Å². The third-order valence-corrected chi connectivity index (χ3v) is 4.73. The second-order valence-electron chi connectivity index (χ2n) is 3.73. The maximum absolute atomic E-state index is 13.5. The SMILES string of the molecule is O=[N+]([O-])c1cccc2c(C(F)(F)C(F)(F)F)c(I)sc12. The number of rotatable bonds is 2. The highest BCUT2D eigenvalue weighted by molar-refractivity contribution is 14.1. The molecule has 0 spiro atoms. The molecule has 0 radical (unpaired) electrons. The van der Waals surface area contributed by atoms with Crippen LogP contribution in [-0.4, -0.2) is 11.1 Å². The highest BCUT2D eigenvalue weighted by Crippen LogP contribution is 2.51. The van der Waals surface area contributed by atoms with E-state index in [4.69, 9.17) is 0 Å². The van der Waals surface area contributed by atoms with E-state index in [9.17, 15) is 32.1 Å². The number of hydrogen-bond acceptors (Lipinski definition) is 3. The third kappa shape index (κ3) is 2.24. The lowest BCUT2D eigenvalue weighted by molar-refractivity contribution is -0.382. The lowest BCUT2D eigenvalue weighted by Gasteiger charge is -2.19. The van der Waals surface area contributed by atoms with Gasteiger partial charge in [0.2, 0.25) is 0 Å². The van der Waals surface area contributed by atoms with Crippen LogP contribution in [0.25, 0.3) is 10.1 Å². The summed E-state index contributed by atoms with van der Waals surface area (Å²) in [4.78, 5) is 9.97. The highest BCUT2D eigenvalue weighted by Gasteiger charge is 2.60. The molecule has 10 heteroatoms. The van der Waals surface area contributed by atoms with E-state index in [2.05, 4.69) is 0 Å². The van der Waals surface area contributed by atoms with Crippen molar-refractivity contribution in [3.8, 4) is 0 Å². The Hall–Kier alpha value is -1.04. The lowest BCUT2D eigenvalue weighted by atomic mass is 10.1. The van der Waals surface area contributed by atoms with Gasteiger partial charge in [-0.15, -0.1) is 11.3 Å². The van der Waals surface area contributed by atoms with Crippen LogP contribution in [0.4, 0.5) is 27.6 Å². The number of fused-ring (bicyclic) bond motifs is 1. The molecule has 0 bridgehead atoms. The van der Waals surface area contributed by atoms with Crippen molar-refractivity contribution in [3.05, 3.63) is 36.8 Å². The quantitative estimate of drug-likeness (QED) is 0.293. The van der Waals surface area contributed by atoms with Crippen LogP contribution in [0.15, 0.2) is 18.2 Å². The van der Waals surface area contributed by atoms with E-state index < -0.39 is 33.7 Å². The standard InChI is InChI=1S/C10H3F5INO2S/c11-9(12,10(13,14)15)6-4-2-1-3-5(17(18)19)7(4)20-8(6)16/h1-3H. The summed E-state index contributed by atoms with van der Waals surface area (Å²) >= 11 is 1.88. The van der Waals surface area contributed by atoms with Crippen molar-refractivity contribution in [3.63, 3.8) is 0 Å². The van der Waals surface area contributed by atoms with Crippen LogP contribution in [0.1, 0.15) is 5.56 Å². The van der Waals surface area contributed by atoms with Crippen LogP contribution in [0, 0.1) is 13.0 Å². The predicted molar refractivity (Wildman–Crippen MR) is 71.1 cm³/mol. The minimum absolute atomic E-state index is 0.194. The molecule has 2 rings (SSSR count). The number of benzene rings is 1. The summed E-state index contributed by atoms with van der Waals surface area (Å²) in [6.07, 6.45) is -5.76. The van der Waals surface area contributed by atoms with Gasteiger partial charge in [0.15, 0.2) is 0 Å². The number of thiophene rings is 1. The van der Waals surface area contributed by atoms with Gasteiger partial charge in [0.1, 0.15) is 4.70 Å². The first-order valence-corrected chi connectivity index (χ1v) is 6.77. The average molecular weight is 423 g/mol. The molecular weight excluding hydrogens is 420 g/mol. The fourth-order valence-corrected chi connectivity index (χ4v) is 3.99. The molecule has 0 aliphatic carbocycles. The monoisotopic (exact) mass is 423 g/mol. The molecule has 108 valence electrons. The van der Waals surface area contributed by atoms with Crippen LogP contribution >= 0.6 is 33.9 Å². The zero-order valence-corrected chi connectivity index (χ0v) is 12.1. The molecule has 1 aromatic heterocycles. The third-order valence-electron chi connectivity index (χ3n) is 2.52. The van der Waals surface area contributed by atoms with E-state index in [-0.39, 0.29) is 7.58 Å². The van der Waals surface area contributed by atoms with Crippen LogP contribution < -0.4 is 0 Å². The first-order chi connectivity index (χ1) is 9.07. The molecule has 0 saturated carbocycles. The van der Waals surface area contributed by atoms with Gasteiger partial charge in [-0.2, -0.15) is 22.0 Å². The molecule has 0 unspecified atom stereocenters. The van der Waals surface area contributed by atoms with Gasteiger partial charge in [-0.1, -0.05) is 12.1 Å². The molecule has 1 aromatic carbocycles. The summed E-state index contributed by atoms with van der Waals surface area (Å²) in [6.45, 7) is 0. The number of nitro benzene ring substituents is 1. The van der Waals surface area contributed by atoms with Gasteiger partial charge in [0.25, 0.3) is 5.69 Å². The molecule has 0 fully saturated rings. The van der Waals surface area contributed by atoms with Crippen molar-refractivity contribution in [2.45, 2.75) is 12.1 Å². The molecule has 0 aliphatic heterocycles. The number of hydrogen-bond donors (Lipinski definition) is 0. The van der Waals surface area contributed by atoms with Crippen molar-refractivity contribution in [1.82, 2.24) is 0 Å². The minimum atomic E-state index is -5.76. The molecule has 0 N–H and O–H groups in total. The van der Waals surface area contributed by atoms with Crippen molar-refractivity contribution < 1.29 is 26.9 Å². The molecule has 3 nitrogen and oxygen atoms in total. The molecule has 0 amide bonds. The maximum atomic E-state index is 13.5. The van der Waals surface area contributed by atoms with Gasteiger partial charge in [0, 0.05) is 11.5 Å². The largest absolute Gasteiger partial charge is 0.458 e. The number of nitro groups is 1. The van der Waals surface area contributed by atoms with Crippen LogP contribution in [0.3, 0.4) is 0 Å². The van der Waals surface area contributed by atoms with Gasteiger partial charge in [-0.25, -0.2) is 0 Å². The number of alkyl halides is 5. The van der Waals surface area contributed by atoms with Crippen molar-refractivity contribution in [2.75, 3.05) is 0 Å². The van der Waals surface area contributed by atoms with Crippen molar-refractivity contribution in [1.29, 1.82) is 0 Å². The summed E-state index contributed by atoms with van der Waals surface area (Å²) in [7, 11) is 0. The van der Waals surface area contributed by atoms with Crippen molar-refractivity contribution in [2.24, 2.45) is 0 Å². The second kappa shape index (κ2) is 4.76. The first-order valence-electron chi connectivity index (χ1n) is 4.87. The smallest absolute Gasteiger partial charge is 0.258 e. The van der Waals surface area contributed by atoms with E-state index >= 15 is 0 Å². The number of nitrogens with zero attached hydrogens (tertiary/aromatic N) is 1. The molecule has 20 heavy (non-hydrogen) atoms. The van der Waals surface area contributed by atoms with Gasteiger partial charge >= 0.3 is 12.1 Å². The topological polar surface area (TPSA) is 43.1 Å². The Labute approximate surface area is 125 Å². The van der Waals surface area contributed by atoms with Gasteiger partial charge < -0.3 is 0 Å². The molecular formula is C10H3F5INO2S. The van der Waals surface area contributed by atoms with Gasteiger partial charge in [-0.3, -0.25) is 10.1 Å². The molecule has 2 aromatic rings. The summed E-state index contributed by atoms with van der Waals surface area (Å²) < 4.78 is 64.0. The molecule has 0 saturated heterocycles. The predicted octanol–water partition coefficient (Wildman–Crippen LogP) is 5.07. The molecule has 0 atom stereocenters. The maximum Gasteiger partial charge on any atom is 0.458 e. The van der Waals surface area contributed by atoms with E-state index in [1.807, 2.05) is 0 Å². The molecule has 1 heterocycles. The Kier molecular flexibility index (Phi) is 3.65. The Morgan fingerprint density at radius 2 is 1.80 bits per heavy atom. The normalized spacial score (nSPS) is 12.9. The fraction of sp³-hybridized carbons (Fsp3) is 0.200.